The molecule has 0 fully saturated rings. The van der Waals surface area contributed by atoms with Crippen LogP contribution in [-0.2, 0) is 41.7 Å². The Labute approximate surface area is 223 Å². The first-order chi connectivity index (χ1) is 18.7. The maximum atomic E-state index is 11.1. The van der Waals surface area contributed by atoms with Crippen molar-refractivity contribution in [2.75, 3.05) is 0 Å². The third-order valence-corrected chi connectivity index (χ3v) is 10.1. The van der Waals surface area contributed by atoms with E-state index >= 15 is 0 Å². The van der Waals surface area contributed by atoms with Gasteiger partial charge in [-0.15, -0.1) is 0 Å². The van der Waals surface area contributed by atoms with Gasteiger partial charge in [0.05, 0.1) is 5.69 Å². The van der Waals surface area contributed by atoms with Crippen LogP contribution in [0.25, 0.3) is 38.7 Å². The van der Waals surface area contributed by atoms with Gasteiger partial charge < -0.3 is 4.98 Å². The topological polar surface area (TPSA) is 75.2 Å². The summed E-state index contributed by atoms with van der Waals surface area (Å²) in [4.78, 5) is 35.1. The highest BCUT2D eigenvalue weighted by Gasteiger charge is 2.30. The van der Waals surface area contributed by atoms with Crippen molar-refractivity contribution in [3.63, 3.8) is 0 Å². The van der Waals surface area contributed by atoms with Crippen LogP contribution in [0.1, 0.15) is 46.4 Å². The number of fused-ring (bicyclic) bond motifs is 12. The molecule has 186 valence electrons. The summed E-state index contributed by atoms with van der Waals surface area (Å²) in [5.41, 5.74) is 17.7. The molecule has 7 heteroatoms. The summed E-state index contributed by atoms with van der Waals surface area (Å²) in [7, 11) is 0.259. The highest BCUT2D eigenvalue weighted by molar-refractivity contribution is 7.72. The third-order valence-electron chi connectivity index (χ3n) is 8.75. The maximum absolute atomic E-state index is 11.1. The van der Waals surface area contributed by atoms with Crippen molar-refractivity contribution in [1.29, 1.82) is 0 Å². The first-order valence-electron chi connectivity index (χ1n) is 13.3. The number of H-pyrrole nitrogens is 1. The number of aryl methyl sites for hydroxylation is 3. The highest BCUT2D eigenvalue weighted by atomic mass is 31.1. The van der Waals surface area contributed by atoms with Gasteiger partial charge in [0, 0.05) is 37.4 Å². The number of aromatic amines is 1. The lowest BCUT2D eigenvalue weighted by Gasteiger charge is -2.28. The zero-order valence-corrected chi connectivity index (χ0v) is 22.8. The molecule has 0 radical (unpaired) electrons. The third kappa shape index (κ3) is 3.25. The van der Waals surface area contributed by atoms with Crippen LogP contribution in [0.4, 0.5) is 0 Å². The monoisotopic (exact) mass is 533 g/mol. The number of allylic oxidation sites excluding steroid dienone is 2. The predicted molar refractivity (Wildman–Crippen MR) is 159 cm³/mol. The SMILES string of the molecule is O=CPC1=NC2=C(C1)c1ccc3c4c(ccc3c1CC2)-c1ccc2c(c1CC4)CCc1[nH]c(PC=O)nc1-2. The summed E-state index contributed by atoms with van der Waals surface area (Å²) in [5.74, 6) is 0. The molecule has 2 heterocycles. The smallest absolute Gasteiger partial charge is 0.146 e. The average molecular weight is 534 g/mol. The van der Waals surface area contributed by atoms with Crippen LogP contribution in [0, 0.1) is 0 Å². The molecule has 0 saturated carbocycles. The maximum Gasteiger partial charge on any atom is 0.146 e. The number of aliphatic imine (C=N–C) groups is 1. The van der Waals surface area contributed by atoms with Gasteiger partial charge >= 0.3 is 0 Å². The van der Waals surface area contributed by atoms with E-state index in [2.05, 4.69) is 41.4 Å². The van der Waals surface area contributed by atoms with Gasteiger partial charge in [0.2, 0.25) is 0 Å². The van der Waals surface area contributed by atoms with E-state index in [-0.39, 0.29) is 17.2 Å². The van der Waals surface area contributed by atoms with E-state index in [9.17, 15) is 9.59 Å². The molecule has 1 N–H and O–H groups in total. The number of nitrogens with one attached hydrogen (secondary N) is 1. The average Bonchev–Trinajstić information content (AvgIpc) is 3.56. The molecule has 0 bridgehead atoms. The highest BCUT2D eigenvalue weighted by Crippen LogP contribution is 2.47. The number of hydrogen-bond donors (Lipinski definition) is 1. The Kier molecular flexibility index (Phi) is 5.15. The van der Waals surface area contributed by atoms with Crippen molar-refractivity contribution in [2.45, 2.75) is 44.9 Å². The normalized spacial score (nSPS) is 17.3. The number of nitrogens with zero attached hydrogens (tertiary/aromatic N) is 2. The molecular formula is C31H25N3O2P2. The summed E-state index contributed by atoms with van der Waals surface area (Å²) >= 11 is 0. The molecule has 4 aromatic rings. The standard InChI is InChI=1S/C31H25N3O2P2/c35-14-37-29-13-26-24-6-5-18-16-3-4-21-20(17(16)1-2-19(18)22(24)9-11-27(26)32-29)7-8-25-23(21)10-12-28-30(25)34-31(33-28)38-15-36/h1-2,5-8,14-15,37-38H,3-4,9-13H2,(H,33,34). The summed E-state index contributed by atoms with van der Waals surface area (Å²) in [6.07, 6.45) is 6.84. The number of rotatable bonds is 4. The van der Waals surface area contributed by atoms with Crippen LogP contribution >= 0.6 is 17.2 Å². The fourth-order valence-corrected chi connectivity index (χ4v) is 8.30. The second kappa shape index (κ2) is 8.63. The minimum absolute atomic E-state index is 0.0785. The zero-order chi connectivity index (χ0) is 25.4. The van der Waals surface area contributed by atoms with Gasteiger partial charge in [-0.2, -0.15) is 0 Å². The van der Waals surface area contributed by atoms with Crippen molar-refractivity contribution in [1.82, 2.24) is 9.97 Å². The first-order valence-corrected chi connectivity index (χ1v) is 15.4. The second-order valence-corrected chi connectivity index (χ2v) is 12.6. The Balaban J connectivity index is 1.22. The Morgan fingerprint density at radius 2 is 1.32 bits per heavy atom. The minimum atomic E-state index is 0.0785. The van der Waals surface area contributed by atoms with E-state index in [4.69, 9.17) is 9.98 Å². The first kappa shape index (κ1) is 22.7. The van der Waals surface area contributed by atoms with Gasteiger partial charge in [-0.25, -0.2) is 4.98 Å². The van der Waals surface area contributed by atoms with Crippen LogP contribution < -0.4 is 5.57 Å². The molecule has 38 heavy (non-hydrogen) atoms. The van der Waals surface area contributed by atoms with E-state index in [0.29, 0.717) is 0 Å². The molecule has 3 aromatic carbocycles. The number of benzene rings is 3. The lowest BCUT2D eigenvalue weighted by molar-refractivity contribution is 0.569. The van der Waals surface area contributed by atoms with Crippen molar-refractivity contribution >= 4 is 56.6 Å². The Morgan fingerprint density at radius 3 is 2.16 bits per heavy atom. The van der Waals surface area contributed by atoms with E-state index in [1.807, 2.05) is 0 Å². The van der Waals surface area contributed by atoms with Gasteiger partial charge in [0.25, 0.3) is 0 Å². The Hall–Kier alpha value is -3.26. The largest absolute Gasteiger partial charge is 0.341 e. The van der Waals surface area contributed by atoms with E-state index in [1.54, 1.807) is 0 Å². The van der Waals surface area contributed by atoms with Crippen LogP contribution in [0.15, 0.2) is 47.1 Å². The number of carbonyl (C=O) groups is 2. The predicted octanol–water partition coefficient (Wildman–Crippen LogP) is 5.92. The van der Waals surface area contributed by atoms with E-state index in [0.717, 1.165) is 73.7 Å². The molecule has 3 aliphatic carbocycles. The molecular weight excluding hydrogens is 508 g/mol. The molecule has 8 rings (SSSR count). The second-order valence-electron chi connectivity index (χ2n) is 10.5. The number of imidazole rings is 1. The Morgan fingerprint density at radius 1 is 0.684 bits per heavy atom. The molecule has 5 nitrogen and oxygen atoms in total. The van der Waals surface area contributed by atoms with E-state index in [1.165, 1.54) is 72.2 Å². The Bertz CT molecular complexity index is 1800. The summed E-state index contributed by atoms with van der Waals surface area (Å²) < 4.78 is 0. The summed E-state index contributed by atoms with van der Waals surface area (Å²) in [6.45, 7) is 0. The van der Waals surface area contributed by atoms with Gasteiger partial charge in [0.15, 0.2) is 0 Å². The number of carbonyl (C=O) groups excluding carboxylic acids is 2. The molecule has 4 aliphatic rings. The summed E-state index contributed by atoms with van der Waals surface area (Å²) in [6, 6.07) is 15.8. The van der Waals surface area contributed by atoms with Gasteiger partial charge in [-0.1, -0.05) is 36.4 Å². The number of aromatic nitrogens is 2. The quantitative estimate of drug-likeness (QED) is 0.262. The van der Waals surface area contributed by atoms with Crippen LogP contribution in [0.3, 0.4) is 0 Å². The van der Waals surface area contributed by atoms with Crippen LogP contribution in [0.5, 0.6) is 0 Å². The van der Waals surface area contributed by atoms with Crippen molar-refractivity contribution in [3.8, 4) is 22.4 Å². The van der Waals surface area contributed by atoms with Crippen molar-refractivity contribution < 1.29 is 9.59 Å². The van der Waals surface area contributed by atoms with Gasteiger partial charge in [0.1, 0.15) is 17.6 Å². The molecule has 2 unspecified atom stereocenters. The van der Waals surface area contributed by atoms with Crippen LogP contribution in [-0.4, -0.2) is 27.5 Å². The number of hydrogen-bond acceptors (Lipinski definition) is 4. The fraction of sp³-hybridized carbons (Fsp3) is 0.226. The molecule has 0 saturated heterocycles. The molecule has 0 amide bonds. The zero-order valence-electron chi connectivity index (χ0n) is 20.8. The van der Waals surface area contributed by atoms with E-state index < -0.39 is 0 Å². The molecule has 1 aromatic heterocycles. The minimum Gasteiger partial charge on any atom is -0.341 e. The molecule has 0 spiro atoms. The molecule has 2 atom stereocenters. The van der Waals surface area contributed by atoms with Crippen LogP contribution in [0.2, 0.25) is 0 Å². The van der Waals surface area contributed by atoms with Crippen molar-refractivity contribution in [3.05, 3.63) is 75.6 Å². The molecule has 1 aliphatic heterocycles. The summed E-state index contributed by atoms with van der Waals surface area (Å²) in [5, 5.41) is 2.77. The van der Waals surface area contributed by atoms with Gasteiger partial charge in [-0.3, -0.25) is 14.6 Å². The lowest BCUT2D eigenvalue weighted by atomic mass is 9.76. The fourth-order valence-electron chi connectivity index (χ4n) is 7.17. The lowest BCUT2D eigenvalue weighted by Crippen LogP contribution is -2.13. The van der Waals surface area contributed by atoms with Crippen molar-refractivity contribution in [2.24, 2.45) is 4.99 Å². The van der Waals surface area contributed by atoms with Gasteiger partial charge in [-0.05, 0) is 102 Å².